The predicted octanol–water partition coefficient (Wildman–Crippen LogP) is 1.65. The fourth-order valence-electron chi connectivity index (χ4n) is 4.95. The third kappa shape index (κ3) is 5.77. The lowest BCUT2D eigenvalue weighted by Crippen LogP contribution is -2.53. The zero-order valence-corrected chi connectivity index (χ0v) is 18.9. The second kappa shape index (κ2) is 10.5. The van der Waals surface area contributed by atoms with Crippen molar-refractivity contribution >= 4 is 17.5 Å². The van der Waals surface area contributed by atoms with Crippen LogP contribution in [-0.4, -0.2) is 98.0 Å². The van der Waals surface area contributed by atoms with Crippen molar-refractivity contribution in [3.05, 3.63) is 29.8 Å². The minimum Gasteiger partial charge on any atom is -0.369 e. The van der Waals surface area contributed by atoms with E-state index in [0.717, 1.165) is 83.0 Å². The van der Waals surface area contributed by atoms with Crippen molar-refractivity contribution in [2.75, 3.05) is 70.3 Å². The Hall–Kier alpha value is -2.12. The van der Waals surface area contributed by atoms with Crippen molar-refractivity contribution < 1.29 is 9.59 Å². The third-order valence-corrected chi connectivity index (χ3v) is 7.07. The van der Waals surface area contributed by atoms with Gasteiger partial charge in [-0.1, -0.05) is 25.8 Å². The molecular weight excluding hydrogens is 390 g/mol. The maximum atomic E-state index is 12.7. The van der Waals surface area contributed by atoms with Gasteiger partial charge >= 0.3 is 0 Å². The van der Waals surface area contributed by atoms with Crippen LogP contribution >= 0.6 is 0 Å². The monoisotopic (exact) mass is 427 g/mol. The number of nitrogens with zero attached hydrogens (tertiary/aromatic N) is 4. The van der Waals surface area contributed by atoms with Gasteiger partial charge in [0.25, 0.3) is 5.91 Å². The summed E-state index contributed by atoms with van der Waals surface area (Å²) in [4.78, 5) is 34.3. The molecule has 0 atom stereocenters. The predicted molar refractivity (Wildman–Crippen MR) is 124 cm³/mol. The number of hydrogen-bond donors (Lipinski definition) is 1. The van der Waals surface area contributed by atoms with E-state index in [1.165, 1.54) is 12.8 Å². The van der Waals surface area contributed by atoms with Gasteiger partial charge < -0.3 is 20.0 Å². The number of nitrogens with one attached hydrogen (secondary N) is 1. The molecule has 1 N–H and O–H groups in total. The number of rotatable bonds is 6. The molecule has 1 saturated carbocycles. The largest absolute Gasteiger partial charge is 0.369 e. The second-order valence-corrected chi connectivity index (χ2v) is 9.08. The molecule has 3 aliphatic rings. The van der Waals surface area contributed by atoms with Gasteiger partial charge in [0, 0.05) is 69.7 Å². The normalized spacial score (nSPS) is 21.5. The average Bonchev–Trinajstić information content (AvgIpc) is 3.33. The standard InChI is InChI=1S/C24H37N5O2/c1-2-26-10-16-29(17-11-26)23(30)19-27-12-14-28(15-13-27)22-9-5-6-20(18-22)24(31)25-21-7-3-4-8-21/h5-6,9,18,21H,2-4,7-8,10-17,19H2,1H3,(H,25,31). The van der Waals surface area contributed by atoms with Crippen LogP contribution in [0.5, 0.6) is 0 Å². The van der Waals surface area contributed by atoms with Crippen molar-refractivity contribution in [1.82, 2.24) is 20.0 Å². The minimum absolute atomic E-state index is 0.0427. The first-order valence-corrected chi connectivity index (χ1v) is 12.0. The van der Waals surface area contributed by atoms with Gasteiger partial charge in [-0.2, -0.15) is 0 Å². The Kier molecular flexibility index (Phi) is 7.45. The molecule has 3 fully saturated rings. The Labute approximate surface area is 186 Å². The van der Waals surface area contributed by atoms with Crippen molar-refractivity contribution in [3.8, 4) is 0 Å². The molecule has 1 aliphatic carbocycles. The van der Waals surface area contributed by atoms with E-state index in [4.69, 9.17) is 0 Å². The maximum Gasteiger partial charge on any atom is 0.251 e. The molecule has 2 amide bonds. The summed E-state index contributed by atoms with van der Waals surface area (Å²) in [6.07, 6.45) is 4.63. The molecule has 0 aromatic heterocycles. The molecule has 4 rings (SSSR count). The van der Waals surface area contributed by atoms with Gasteiger partial charge in [0.15, 0.2) is 0 Å². The van der Waals surface area contributed by atoms with Crippen LogP contribution in [0.15, 0.2) is 24.3 Å². The Balaban J connectivity index is 1.25. The van der Waals surface area contributed by atoms with Gasteiger partial charge in [0.1, 0.15) is 0 Å². The Morgan fingerprint density at radius 2 is 1.61 bits per heavy atom. The fourth-order valence-corrected chi connectivity index (χ4v) is 4.95. The van der Waals surface area contributed by atoms with Crippen molar-refractivity contribution in [2.45, 2.75) is 38.6 Å². The Bertz CT molecular complexity index is 748. The van der Waals surface area contributed by atoms with Gasteiger partial charge in [-0.25, -0.2) is 0 Å². The molecule has 2 heterocycles. The van der Waals surface area contributed by atoms with E-state index in [2.05, 4.69) is 33.0 Å². The maximum absolute atomic E-state index is 12.7. The van der Waals surface area contributed by atoms with Gasteiger partial charge in [-0.15, -0.1) is 0 Å². The topological polar surface area (TPSA) is 59.1 Å². The molecule has 7 nitrogen and oxygen atoms in total. The lowest BCUT2D eigenvalue weighted by Gasteiger charge is -2.38. The van der Waals surface area contributed by atoms with Crippen LogP contribution in [0.2, 0.25) is 0 Å². The quantitative estimate of drug-likeness (QED) is 0.748. The summed E-state index contributed by atoms with van der Waals surface area (Å²) in [5.74, 6) is 0.302. The molecule has 0 spiro atoms. The van der Waals surface area contributed by atoms with E-state index in [1.54, 1.807) is 0 Å². The molecule has 1 aromatic rings. The highest BCUT2D eigenvalue weighted by molar-refractivity contribution is 5.95. The molecule has 0 bridgehead atoms. The third-order valence-electron chi connectivity index (χ3n) is 7.07. The van der Waals surface area contributed by atoms with Crippen molar-refractivity contribution in [3.63, 3.8) is 0 Å². The number of amides is 2. The number of piperazine rings is 2. The number of hydrogen-bond acceptors (Lipinski definition) is 5. The summed E-state index contributed by atoms with van der Waals surface area (Å²) in [6.45, 7) is 10.9. The average molecular weight is 428 g/mol. The fraction of sp³-hybridized carbons (Fsp3) is 0.667. The van der Waals surface area contributed by atoms with Crippen LogP contribution in [0.4, 0.5) is 5.69 Å². The van der Waals surface area contributed by atoms with Gasteiger partial charge in [0.05, 0.1) is 6.54 Å². The molecule has 2 saturated heterocycles. The van der Waals surface area contributed by atoms with E-state index in [1.807, 2.05) is 23.1 Å². The first-order chi connectivity index (χ1) is 15.1. The number of benzene rings is 1. The smallest absolute Gasteiger partial charge is 0.251 e. The summed E-state index contributed by atoms with van der Waals surface area (Å²) in [7, 11) is 0. The Morgan fingerprint density at radius 1 is 0.935 bits per heavy atom. The van der Waals surface area contributed by atoms with Crippen molar-refractivity contribution in [1.29, 1.82) is 0 Å². The van der Waals surface area contributed by atoms with Crippen LogP contribution in [0.3, 0.4) is 0 Å². The summed E-state index contributed by atoms with van der Waals surface area (Å²) in [5.41, 5.74) is 1.84. The van der Waals surface area contributed by atoms with E-state index in [0.29, 0.717) is 12.6 Å². The highest BCUT2D eigenvalue weighted by atomic mass is 16.2. The zero-order valence-electron chi connectivity index (χ0n) is 18.9. The molecule has 0 radical (unpaired) electrons. The molecule has 7 heteroatoms. The van der Waals surface area contributed by atoms with Gasteiger partial charge in [-0.05, 0) is 37.6 Å². The summed E-state index contributed by atoms with van der Waals surface area (Å²) in [6, 6.07) is 8.31. The summed E-state index contributed by atoms with van der Waals surface area (Å²) >= 11 is 0. The lowest BCUT2D eigenvalue weighted by molar-refractivity contribution is -0.134. The molecule has 0 unspecified atom stereocenters. The second-order valence-electron chi connectivity index (χ2n) is 9.08. The Morgan fingerprint density at radius 3 is 2.29 bits per heavy atom. The number of carbonyl (C=O) groups excluding carboxylic acids is 2. The lowest BCUT2D eigenvalue weighted by atomic mass is 10.1. The number of carbonyl (C=O) groups is 2. The molecule has 2 aliphatic heterocycles. The summed E-state index contributed by atoms with van der Waals surface area (Å²) < 4.78 is 0. The molecule has 170 valence electrons. The van der Waals surface area contributed by atoms with Crippen LogP contribution in [-0.2, 0) is 4.79 Å². The molecule has 1 aromatic carbocycles. The van der Waals surface area contributed by atoms with Crippen LogP contribution in [0, 0.1) is 0 Å². The molecule has 31 heavy (non-hydrogen) atoms. The number of anilines is 1. The first kappa shape index (κ1) is 22.1. The first-order valence-electron chi connectivity index (χ1n) is 12.0. The molecular formula is C24H37N5O2. The van der Waals surface area contributed by atoms with E-state index < -0.39 is 0 Å². The van der Waals surface area contributed by atoms with Gasteiger partial charge in [0.2, 0.25) is 5.91 Å². The zero-order chi connectivity index (χ0) is 21.6. The summed E-state index contributed by atoms with van der Waals surface area (Å²) in [5, 5.41) is 3.18. The van der Waals surface area contributed by atoms with E-state index in [9.17, 15) is 9.59 Å². The van der Waals surface area contributed by atoms with Crippen LogP contribution in [0.25, 0.3) is 0 Å². The SMILES string of the molecule is CCN1CCN(C(=O)CN2CCN(c3cccc(C(=O)NC4CCCC4)c3)CC2)CC1. The van der Waals surface area contributed by atoms with E-state index >= 15 is 0 Å². The van der Waals surface area contributed by atoms with Crippen LogP contribution < -0.4 is 10.2 Å². The van der Waals surface area contributed by atoms with Crippen LogP contribution in [0.1, 0.15) is 43.0 Å². The van der Waals surface area contributed by atoms with Crippen molar-refractivity contribution in [2.24, 2.45) is 0 Å². The van der Waals surface area contributed by atoms with Gasteiger partial charge in [-0.3, -0.25) is 14.5 Å². The van der Waals surface area contributed by atoms with E-state index in [-0.39, 0.29) is 11.8 Å². The highest BCUT2D eigenvalue weighted by Gasteiger charge is 2.25. The minimum atomic E-state index is 0.0427. The highest BCUT2D eigenvalue weighted by Crippen LogP contribution is 2.21. The number of likely N-dealkylation sites (N-methyl/N-ethyl adjacent to an activating group) is 1.